The van der Waals surface area contributed by atoms with E-state index >= 15 is 0 Å². The number of aryl methyl sites for hydroxylation is 1. The van der Waals surface area contributed by atoms with E-state index in [-0.39, 0.29) is 29.8 Å². The molecule has 1 aromatic rings. The van der Waals surface area contributed by atoms with E-state index < -0.39 is 0 Å². The summed E-state index contributed by atoms with van der Waals surface area (Å²) in [4.78, 5) is 36.2. The lowest BCUT2D eigenvalue weighted by Crippen LogP contribution is -2.35. The van der Waals surface area contributed by atoms with Crippen molar-refractivity contribution in [3.8, 4) is 0 Å². The monoisotopic (exact) mass is 280 g/mol. The van der Waals surface area contributed by atoms with Crippen LogP contribution in [0.3, 0.4) is 0 Å². The number of ether oxygens (including phenoxy) is 1. The van der Waals surface area contributed by atoms with Crippen LogP contribution < -0.4 is 5.56 Å². The van der Waals surface area contributed by atoms with Crippen LogP contribution in [-0.2, 0) is 20.9 Å². The van der Waals surface area contributed by atoms with E-state index in [1.54, 1.807) is 32.3 Å². The summed E-state index contributed by atoms with van der Waals surface area (Å²) in [5.41, 5.74) is -0.133. The van der Waals surface area contributed by atoms with Crippen LogP contribution in [0.2, 0.25) is 0 Å². The van der Waals surface area contributed by atoms with E-state index in [2.05, 4.69) is 4.74 Å². The van der Waals surface area contributed by atoms with Crippen LogP contribution in [0.15, 0.2) is 29.2 Å². The molecular formula is C14H20N2O4. The van der Waals surface area contributed by atoms with Gasteiger partial charge in [-0.1, -0.05) is 13.0 Å². The van der Waals surface area contributed by atoms with Gasteiger partial charge in [-0.15, -0.1) is 0 Å². The van der Waals surface area contributed by atoms with E-state index in [1.807, 2.05) is 0 Å². The van der Waals surface area contributed by atoms with E-state index in [1.165, 1.54) is 22.6 Å². The molecule has 0 saturated heterocycles. The molecule has 1 heterocycles. The minimum Gasteiger partial charge on any atom is -0.469 e. The Kier molecular flexibility index (Phi) is 5.96. The molecule has 0 aliphatic rings. The van der Waals surface area contributed by atoms with E-state index in [0.29, 0.717) is 13.1 Å². The zero-order valence-electron chi connectivity index (χ0n) is 12.0. The van der Waals surface area contributed by atoms with Gasteiger partial charge < -0.3 is 14.2 Å². The Morgan fingerprint density at radius 3 is 2.70 bits per heavy atom. The number of aromatic nitrogens is 1. The van der Waals surface area contributed by atoms with Crippen LogP contribution >= 0.6 is 0 Å². The molecule has 20 heavy (non-hydrogen) atoms. The van der Waals surface area contributed by atoms with Crippen molar-refractivity contribution in [3.05, 3.63) is 34.7 Å². The summed E-state index contributed by atoms with van der Waals surface area (Å²) in [7, 11) is 2.96. The molecule has 1 amide bonds. The quantitative estimate of drug-likeness (QED) is 0.712. The molecule has 0 N–H and O–H groups in total. The van der Waals surface area contributed by atoms with Crippen molar-refractivity contribution in [1.82, 2.24) is 9.47 Å². The molecule has 1 unspecified atom stereocenters. The largest absolute Gasteiger partial charge is 0.469 e. The second kappa shape index (κ2) is 7.47. The SMILES string of the molecule is COC(=O)C(C)CN(C)C(=O)CCn1ccccc1=O. The number of nitrogens with zero attached hydrogens (tertiary/aromatic N) is 2. The Bertz CT molecular complexity index is 524. The third-order valence-electron chi connectivity index (χ3n) is 3.04. The summed E-state index contributed by atoms with van der Waals surface area (Å²) in [6, 6.07) is 4.85. The molecule has 110 valence electrons. The summed E-state index contributed by atoms with van der Waals surface area (Å²) in [6.45, 7) is 2.34. The normalized spacial score (nSPS) is 11.8. The van der Waals surface area contributed by atoms with Gasteiger partial charge >= 0.3 is 5.97 Å². The Labute approximate surface area is 118 Å². The number of carbonyl (C=O) groups is 2. The van der Waals surface area contributed by atoms with Gasteiger partial charge in [-0.25, -0.2) is 0 Å². The zero-order chi connectivity index (χ0) is 15.1. The Morgan fingerprint density at radius 1 is 1.40 bits per heavy atom. The van der Waals surface area contributed by atoms with Gasteiger partial charge in [0.25, 0.3) is 5.56 Å². The fraction of sp³-hybridized carbons (Fsp3) is 0.500. The van der Waals surface area contributed by atoms with Gasteiger partial charge in [-0.2, -0.15) is 0 Å². The standard InChI is InChI=1S/C14H20N2O4/c1-11(14(19)20-3)10-15(2)12(17)7-9-16-8-5-4-6-13(16)18/h4-6,8,11H,7,9-10H2,1-3H3. The molecule has 6 heteroatoms. The second-order valence-corrected chi connectivity index (χ2v) is 4.68. The first-order chi connectivity index (χ1) is 9.45. The van der Waals surface area contributed by atoms with Crippen molar-refractivity contribution < 1.29 is 14.3 Å². The number of carbonyl (C=O) groups excluding carboxylic acids is 2. The van der Waals surface area contributed by atoms with Crippen molar-refractivity contribution in [1.29, 1.82) is 0 Å². The first kappa shape index (κ1) is 15.9. The second-order valence-electron chi connectivity index (χ2n) is 4.68. The molecule has 0 aromatic carbocycles. The lowest BCUT2D eigenvalue weighted by Gasteiger charge is -2.20. The van der Waals surface area contributed by atoms with Crippen molar-refractivity contribution >= 4 is 11.9 Å². The minimum atomic E-state index is -0.367. The van der Waals surface area contributed by atoms with Crippen LogP contribution in [0.1, 0.15) is 13.3 Å². The zero-order valence-corrected chi connectivity index (χ0v) is 12.0. The molecule has 0 bridgehead atoms. The topological polar surface area (TPSA) is 68.6 Å². The number of hydrogen-bond donors (Lipinski definition) is 0. The molecule has 1 rings (SSSR count). The molecule has 0 fully saturated rings. The molecule has 0 spiro atoms. The highest BCUT2D eigenvalue weighted by atomic mass is 16.5. The highest BCUT2D eigenvalue weighted by molar-refractivity contribution is 5.77. The van der Waals surface area contributed by atoms with Gasteiger partial charge in [-0.05, 0) is 6.07 Å². The van der Waals surface area contributed by atoms with Gasteiger partial charge in [0.1, 0.15) is 0 Å². The number of methoxy groups -OCH3 is 1. The maximum atomic E-state index is 11.9. The predicted octanol–water partition coefficient (Wildman–Crippen LogP) is 0.506. The molecule has 0 saturated carbocycles. The van der Waals surface area contributed by atoms with Crippen LogP contribution in [0.5, 0.6) is 0 Å². The summed E-state index contributed by atoms with van der Waals surface area (Å²) in [5.74, 6) is -0.825. The first-order valence-electron chi connectivity index (χ1n) is 6.43. The fourth-order valence-corrected chi connectivity index (χ4v) is 1.84. The van der Waals surface area contributed by atoms with Crippen LogP contribution in [0, 0.1) is 5.92 Å². The molecular weight excluding hydrogens is 260 g/mol. The van der Waals surface area contributed by atoms with Crippen molar-refractivity contribution in [2.45, 2.75) is 19.9 Å². The highest BCUT2D eigenvalue weighted by Crippen LogP contribution is 2.03. The van der Waals surface area contributed by atoms with Crippen LogP contribution in [0.25, 0.3) is 0 Å². The van der Waals surface area contributed by atoms with Gasteiger partial charge in [0.15, 0.2) is 0 Å². The van der Waals surface area contributed by atoms with E-state index in [9.17, 15) is 14.4 Å². The molecule has 0 aliphatic carbocycles. The summed E-state index contributed by atoms with van der Waals surface area (Å²) in [6.07, 6.45) is 1.86. The van der Waals surface area contributed by atoms with Crippen molar-refractivity contribution in [2.24, 2.45) is 5.92 Å². The predicted molar refractivity (Wildman–Crippen MR) is 74.1 cm³/mol. The number of hydrogen-bond acceptors (Lipinski definition) is 4. The van der Waals surface area contributed by atoms with Crippen LogP contribution in [0.4, 0.5) is 0 Å². The van der Waals surface area contributed by atoms with Crippen molar-refractivity contribution in [3.63, 3.8) is 0 Å². The maximum absolute atomic E-state index is 11.9. The third-order valence-corrected chi connectivity index (χ3v) is 3.04. The van der Waals surface area contributed by atoms with Gasteiger partial charge in [0, 0.05) is 38.8 Å². The molecule has 1 aromatic heterocycles. The fourth-order valence-electron chi connectivity index (χ4n) is 1.84. The lowest BCUT2D eigenvalue weighted by atomic mass is 10.1. The average molecular weight is 280 g/mol. The first-order valence-corrected chi connectivity index (χ1v) is 6.43. The van der Waals surface area contributed by atoms with Crippen molar-refractivity contribution in [2.75, 3.05) is 20.7 Å². The average Bonchev–Trinajstić information content (AvgIpc) is 2.44. The summed E-state index contributed by atoms with van der Waals surface area (Å²) in [5, 5.41) is 0. The maximum Gasteiger partial charge on any atom is 0.310 e. The number of pyridine rings is 1. The van der Waals surface area contributed by atoms with Gasteiger partial charge in [0.2, 0.25) is 5.91 Å². The molecule has 0 aliphatic heterocycles. The van der Waals surface area contributed by atoms with E-state index in [0.717, 1.165) is 0 Å². The number of amides is 1. The third kappa shape index (κ3) is 4.53. The van der Waals surface area contributed by atoms with E-state index in [4.69, 9.17) is 0 Å². The Hall–Kier alpha value is -2.11. The molecule has 1 atom stereocenters. The number of esters is 1. The molecule has 0 radical (unpaired) electrons. The van der Waals surface area contributed by atoms with Gasteiger partial charge in [-0.3, -0.25) is 14.4 Å². The number of rotatable bonds is 6. The summed E-state index contributed by atoms with van der Waals surface area (Å²) < 4.78 is 6.10. The van der Waals surface area contributed by atoms with Gasteiger partial charge in [0.05, 0.1) is 13.0 Å². The van der Waals surface area contributed by atoms with Crippen LogP contribution in [-0.4, -0.2) is 42.0 Å². The smallest absolute Gasteiger partial charge is 0.310 e. The minimum absolute atomic E-state index is 0.114. The lowest BCUT2D eigenvalue weighted by molar-refractivity contribution is -0.146. The highest BCUT2D eigenvalue weighted by Gasteiger charge is 2.18. The summed E-state index contributed by atoms with van der Waals surface area (Å²) >= 11 is 0. The Morgan fingerprint density at radius 2 is 2.10 bits per heavy atom. The Balaban J connectivity index is 2.49. The molecule has 6 nitrogen and oxygen atoms in total.